The Bertz CT molecular complexity index is 475. The van der Waals surface area contributed by atoms with Crippen molar-refractivity contribution in [2.75, 3.05) is 6.54 Å². The summed E-state index contributed by atoms with van der Waals surface area (Å²) in [6, 6.07) is 6.88. The number of amides is 2. The molecule has 0 aliphatic heterocycles. The van der Waals surface area contributed by atoms with E-state index in [9.17, 15) is 9.59 Å². The molecule has 0 bridgehead atoms. The second-order valence-electron chi connectivity index (χ2n) is 5.94. The zero-order valence-electron chi connectivity index (χ0n) is 12.4. The molecule has 2 amide bonds. The molecule has 1 aromatic rings. The number of carbonyl (C=O) groups is 2. The summed E-state index contributed by atoms with van der Waals surface area (Å²) in [5.41, 5.74) is 1.37. The molecule has 5 heteroatoms. The molecule has 1 aromatic carbocycles. The maximum Gasteiger partial charge on any atom is 0.404 e. The summed E-state index contributed by atoms with van der Waals surface area (Å²) >= 11 is 0. The Morgan fingerprint density at radius 1 is 1.20 bits per heavy atom. The summed E-state index contributed by atoms with van der Waals surface area (Å²) in [5.74, 6) is -0.202. The summed E-state index contributed by atoms with van der Waals surface area (Å²) in [6.07, 6.45) is -1.09. The smallest absolute Gasteiger partial charge is 0.404 e. The molecule has 5 nitrogen and oxygen atoms in total. The van der Waals surface area contributed by atoms with Crippen LogP contribution >= 0.6 is 0 Å². The highest BCUT2D eigenvalue weighted by atomic mass is 16.4. The molecule has 0 heterocycles. The average molecular weight is 278 g/mol. The number of carboxylic acid groups (broad SMARTS) is 1. The van der Waals surface area contributed by atoms with Crippen LogP contribution in [0.5, 0.6) is 0 Å². The third-order valence-electron chi connectivity index (χ3n) is 3.12. The molecule has 3 N–H and O–H groups in total. The fourth-order valence-corrected chi connectivity index (χ4v) is 1.72. The topological polar surface area (TPSA) is 78.4 Å². The van der Waals surface area contributed by atoms with Crippen molar-refractivity contribution in [2.24, 2.45) is 5.41 Å². The molecular weight excluding hydrogens is 256 g/mol. The molecule has 110 valence electrons. The van der Waals surface area contributed by atoms with Crippen LogP contribution in [0.3, 0.4) is 0 Å². The lowest BCUT2D eigenvalue weighted by atomic mass is 9.86. The number of hydrogen-bond donors (Lipinski definition) is 3. The number of aryl methyl sites for hydroxylation is 1. The van der Waals surface area contributed by atoms with Gasteiger partial charge in [-0.3, -0.25) is 4.79 Å². The van der Waals surface area contributed by atoms with Crippen molar-refractivity contribution in [1.82, 2.24) is 10.6 Å². The first kappa shape index (κ1) is 16.0. The normalized spacial score (nSPS) is 12.6. The quantitative estimate of drug-likeness (QED) is 0.791. The van der Waals surface area contributed by atoms with Gasteiger partial charge in [-0.2, -0.15) is 0 Å². The molecular formula is C15H22N2O3. The van der Waals surface area contributed by atoms with Crippen LogP contribution < -0.4 is 10.6 Å². The van der Waals surface area contributed by atoms with Gasteiger partial charge in [-0.1, -0.05) is 38.5 Å². The summed E-state index contributed by atoms with van der Waals surface area (Å²) < 4.78 is 0. The zero-order chi connectivity index (χ0) is 15.3. The van der Waals surface area contributed by atoms with Crippen molar-refractivity contribution >= 4 is 12.0 Å². The Labute approximate surface area is 119 Å². The van der Waals surface area contributed by atoms with Crippen LogP contribution in [-0.2, 0) is 0 Å². The van der Waals surface area contributed by atoms with E-state index in [0.29, 0.717) is 5.56 Å². The van der Waals surface area contributed by atoms with Crippen LogP contribution in [0, 0.1) is 12.3 Å². The van der Waals surface area contributed by atoms with E-state index in [2.05, 4.69) is 10.6 Å². The summed E-state index contributed by atoms with van der Waals surface area (Å²) in [4.78, 5) is 22.8. The van der Waals surface area contributed by atoms with E-state index in [4.69, 9.17) is 5.11 Å². The van der Waals surface area contributed by atoms with Crippen molar-refractivity contribution in [2.45, 2.75) is 33.7 Å². The van der Waals surface area contributed by atoms with Gasteiger partial charge in [-0.25, -0.2) is 4.79 Å². The molecule has 0 fully saturated rings. The molecule has 0 saturated carbocycles. The van der Waals surface area contributed by atoms with Gasteiger partial charge in [0.05, 0.1) is 6.04 Å². The van der Waals surface area contributed by atoms with Crippen LogP contribution in [0.1, 0.15) is 36.7 Å². The minimum absolute atomic E-state index is 0.202. The summed E-state index contributed by atoms with van der Waals surface area (Å²) in [6.45, 7) is 7.97. The number of nitrogens with one attached hydrogen (secondary N) is 2. The van der Waals surface area contributed by atoms with Crippen LogP contribution in [0.4, 0.5) is 4.79 Å². The van der Waals surface area contributed by atoms with E-state index in [1.807, 2.05) is 39.8 Å². The Balaban J connectivity index is 2.65. The minimum atomic E-state index is -1.09. The first-order chi connectivity index (χ1) is 9.20. The molecule has 0 aromatic heterocycles. The fourth-order valence-electron chi connectivity index (χ4n) is 1.72. The highest BCUT2D eigenvalue weighted by molar-refractivity contribution is 5.94. The number of hydrogen-bond acceptors (Lipinski definition) is 2. The van der Waals surface area contributed by atoms with E-state index in [-0.39, 0.29) is 23.9 Å². The predicted octanol–water partition coefficient (Wildman–Crippen LogP) is 2.41. The highest BCUT2D eigenvalue weighted by Gasteiger charge is 2.26. The molecule has 1 atom stereocenters. The first-order valence-electron chi connectivity index (χ1n) is 6.54. The van der Waals surface area contributed by atoms with Crippen molar-refractivity contribution < 1.29 is 14.7 Å². The lowest BCUT2D eigenvalue weighted by Gasteiger charge is -2.30. The number of carbonyl (C=O) groups excluding carboxylic acids is 1. The lowest BCUT2D eigenvalue weighted by molar-refractivity contribution is 0.0938. The molecule has 20 heavy (non-hydrogen) atoms. The Hall–Kier alpha value is -2.04. The van der Waals surface area contributed by atoms with E-state index in [1.165, 1.54) is 0 Å². The molecule has 0 saturated heterocycles. The van der Waals surface area contributed by atoms with Gasteiger partial charge in [-0.15, -0.1) is 0 Å². The van der Waals surface area contributed by atoms with Gasteiger partial charge in [0.2, 0.25) is 0 Å². The maximum absolute atomic E-state index is 12.0. The monoisotopic (exact) mass is 278 g/mol. The maximum atomic E-state index is 12.0. The fraction of sp³-hybridized carbons (Fsp3) is 0.467. The Morgan fingerprint density at radius 2 is 1.75 bits per heavy atom. The van der Waals surface area contributed by atoms with Gasteiger partial charge in [0, 0.05) is 12.1 Å². The number of benzene rings is 1. The van der Waals surface area contributed by atoms with Crippen LogP contribution in [0.25, 0.3) is 0 Å². The van der Waals surface area contributed by atoms with Crippen LogP contribution in [0.15, 0.2) is 24.3 Å². The Morgan fingerprint density at radius 3 is 2.20 bits per heavy atom. The van der Waals surface area contributed by atoms with Gasteiger partial charge in [0.1, 0.15) is 0 Å². The molecule has 1 unspecified atom stereocenters. The molecule has 0 aliphatic rings. The van der Waals surface area contributed by atoms with Crippen molar-refractivity contribution in [3.8, 4) is 0 Å². The van der Waals surface area contributed by atoms with E-state index < -0.39 is 6.09 Å². The van der Waals surface area contributed by atoms with Crippen molar-refractivity contribution in [3.63, 3.8) is 0 Å². The van der Waals surface area contributed by atoms with Gasteiger partial charge in [0.15, 0.2) is 0 Å². The number of rotatable bonds is 4. The second-order valence-corrected chi connectivity index (χ2v) is 5.94. The predicted molar refractivity (Wildman–Crippen MR) is 77.9 cm³/mol. The third kappa shape index (κ3) is 4.91. The van der Waals surface area contributed by atoms with Crippen molar-refractivity contribution in [3.05, 3.63) is 35.4 Å². The average Bonchev–Trinajstić information content (AvgIpc) is 2.33. The second kappa shape index (κ2) is 6.41. The largest absolute Gasteiger partial charge is 0.465 e. The molecule has 0 spiro atoms. The van der Waals surface area contributed by atoms with Crippen LogP contribution in [-0.4, -0.2) is 29.7 Å². The minimum Gasteiger partial charge on any atom is -0.465 e. The third-order valence-corrected chi connectivity index (χ3v) is 3.12. The Kier molecular flexibility index (Phi) is 5.13. The highest BCUT2D eigenvalue weighted by Crippen LogP contribution is 2.18. The van der Waals surface area contributed by atoms with E-state index >= 15 is 0 Å². The SMILES string of the molecule is Cc1ccc(C(=O)NCC(NC(=O)O)C(C)(C)C)cc1. The lowest BCUT2D eigenvalue weighted by Crippen LogP contribution is -2.50. The van der Waals surface area contributed by atoms with Gasteiger partial charge >= 0.3 is 6.09 Å². The molecule has 1 rings (SSSR count). The molecule has 0 aliphatic carbocycles. The van der Waals surface area contributed by atoms with Gasteiger partial charge in [-0.05, 0) is 24.5 Å². The standard InChI is InChI=1S/C15H22N2O3/c1-10-5-7-11(8-6-10)13(18)16-9-12(15(2,3)4)17-14(19)20/h5-8,12,17H,9H2,1-4H3,(H,16,18)(H,19,20). The van der Waals surface area contributed by atoms with Gasteiger partial charge < -0.3 is 15.7 Å². The zero-order valence-corrected chi connectivity index (χ0v) is 12.4. The van der Waals surface area contributed by atoms with Crippen LogP contribution in [0.2, 0.25) is 0 Å². The van der Waals surface area contributed by atoms with Gasteiger partial charge in [0.25, 0.3) is 5.91 Å². The summed E-state index contributed by atoms with van der Waals surface area (Å²) in [7, 11) is 0. The van der Waals surface area contributed by atoms with Crippen molar-refractivity contribution in [1.29, 1.82) is 0 Å². The first-order valence-corrected chi connectivity index (χ1v) is 6.54. The van der Waals surface area contributed by atoms with E-state index in [1.54, 1.807) is 12.1 Å². The van der Waals surface area contributed by atoms with E-state index in [0.717, 1.165) is 5.56 Å². The summed E-state index contributed by atoms with van der Waals surface area (Å²) in [5, 5.41) is 14.0. The molecule has 0 radical (unpaired) electrons.